The van der Waals surface area contributed by atoms with Crippen molar-refractivity contribution in [2.75, 3.05) is 20.8 Å². The van der Waals surface area contributed by atoms with E-state index >= 15 is 0 Å². The summed E-state index contributed by atoms with van der Waals surface area (Å²) in [5.41, 5.74) is 2.80. The fourth-order valence-corrected chi connectivity index (χ4v) is 2.48. The molecule has 2 amide bonds. The average molecular weight is 385 g/mol. The van der Waals surface area contributed by atoms with Crippen LogP contribution in [-0.4, -0.2) is 84.1 Å². The highest BCUT2D eigenvalue weighted by Gasteiger charge is 2.43. The minimum Gasteiger partial charge on any atom is -0.493 e. The number of hydrogen-bond donors (Lipinski definition) is 6. The molecule has 1 aromatic rings. The molecule has 0 aromatic heterocycles. The topological polar surface area (TPSA) is 162 Å². The Balaban J connectivity index is 1.93. The zero-order valence-electron chi connectivity index (χ0n) is 14.8. The molecule has 1 saturated heterocycles. The van der Waals surface area contributed by atoms with Crippen LogP contribution in [0.2, 0.25) is 0 Å². The Morgan fingerprint density at radius 1 is 1.19 bits per heavy atom. The molecule has 1 aliphatic heterocycles. The number of nitrogens with zero attached hydrogens (tertiary/aromatic N) is 1. The number of amides is 2. The van der Waals surface area contributed by atoms with Crippen LogP contribution in [0.5, 0.6) is 11.5 Å². The zero-order valence-corrected chi connectivity index (χ0v) is 14.8. The van der Waals surface area contributed by atoms with Crippen molar-refractivity contribution in [3.05, 3.63) is 23.8 Å². The van der Waals surface area contributed by atoms with Crippen LogP contribution >= 0.6 is 0 Å². The van der Waals surface area contributed by atoms with Crippen molar-refractivity contribution in [1.29, 1.82) is 0 Å². The number of nitrogens with one attached hydrogen (secondary N) is 2. The first kappa shape index (κ1) is 20.9. The van der Waals surface area contributed by atoms with Gasteiger partial charge >= 0.3 is 6.03 Å². The predicted octanol–water partition coefficient (Wildman–Crippen LogP) is -1.86. The first-order valence-electron chi connectivity index (χ1n) is 8.03. The van der Waals surface area contributed by atoms with E-state index in [1.54, 1.807) is 18.2 Å². The molecule has 2 rings (SSSR count). The summed E-state index contributed by atoms with van der Waals surface area (Å²) in [7, 11) is 3.00. The molecule has 27 heavy (non-hydrogen) atoms. The van der Waals surface area contributed by atoms with Crippen molar-refractivity contribution >= 4 is 12.2 Å². The maximum atomic E-state index is 11.9. The summed E-state index contributed by atoms with van der Waals surface area (Å²) in [4.78, 5) is 11.9. The van der Waals surface area contributed by atoms with Crippen LogP contribution < -0.4 is 20.2 Å². The Morgan fingerprint density at radius 2 is 1.89 bits per heavy atom. The van der Waals surface area contributed by atoms with Gasteiger partial charge in [-0.15, -0.1) is 0 Å². The number of aliphatic hydroxyl groups excluding tert-OH is 4. The molecule has 0 aliphatic carbocycles. The molecule has 1 fully saturated rings. The molecule has 0 unspecified atom stereocenters. The van der Waals surface area contributed by atoms with Crippen LogP contribution in [0.15, 0.2) is 23.3 Å². The third kappa shape index (κ3) is 5.05. The predicted molar refractivity (Wildman–Crippen MR) is 92.6 cm³/mol. The van der Waals surface area contributed by atoms with Gasteiger partial charge < -0.3 is 40.0 Å². The second kappa shape index (κ2) is 9.48. The second-order valence-electron chi connectivity index (χ2n) is 5.71. The van der Waals surface area contributed by atoms with Crippen LogP contribution in [-0.2, 0) is 4.74 Å². The fraction of sp³-hybridized carbons (Fsp3) is 0.500. The Morgan fingerprint density at radius 3 is 2.52 bits per heavy atom. The van der Waals surface area contributed by atoms with Crippen LogP contribution in [0.25, 0.3) is 0 Å². The summed E-state index contributed by atoms with van der Waals surface area (Å²) in [6.07, 6.45) is -5.77. The highest BCUT2D eigenvalue weighted by Crippen LogP contribution is 2.26. The molecule has 0 bridgehead atoms. The van der Waals surface area contributed by atoms with Crippen molar-refractivity contribution in [3.8, 4) is 11.5 Å². The molecule has 1 heterocycles. The van der Waals surface area contributed by atoms with Crippen molar-refractivity contribution < 1.29 is 39.4 Å². The van der Waals surface area contributed by atoms with Gasteiger partial charge in [0.1, 0.15) is 24.4 Å². The number of ether oxygens (including phenoxy) is 3. The number of rotatable bonds is 6. The molecule has 150 valence electrons. The quantitative estimate of drug-likeness (QED) is 0.245. The maximum Gasteiger partial charge on any atom is 0.337 e. The zero-order chi connectivity index (χ0) is 20.0. The lowest BCUT2D eigenvalue weighted by atomic mass is 9.98. The molecule has 11 nitrogen and oxygen atoms in total. The van der Waals surface area contributed by atoms with Gasteiger partial charge in [0.05, 0.1) is 27.0 Å². The van der Waals surface area contributed by atoms with E-state index < -0.39 is 43.3 Å². The van der Waals surface area contributed by atoms with E-state index in [0.29, 0.717) is 17.1 Å². The first-order valence-corrected chi connectivity index (χ1v) is 8.03. The van der Waals surface area contributed by atoms with Gasteiger partial charge in [-0.3, -0.25) is 0 Å². The molecule has 11 heteroatoms. The third-order valence-electron chi connectivity index (χ3n) is 3.95. The van der Waals surface area contributed by atoms with E-state index in [9.17, 15) is 20.1 Å². The molecule has 6 N–H and O–H groups in total. The van der Waals surface area contributed by atoms with Gasteiger partial charge in [0, 0.05) is 0 Å². The SMILES string of the molecule is COc1ccc(C=NNC(=O)N[C@@H]2O[C@H](CO)[C@@H](O)[C@H](O)[C@H]2O)cc1OC. The van der Waals surface area contributed by atoms with E-state index in [1.165, 1.54) is 20.4 Å². The smallest absolute Gasteiger partial charge is 0.337 e. The monoisotopic (exact) mass is 385 g/mol. The number of methoxy groups -OCH3 is 2. The van der Waals surface area contributed by atoms with Crippen molar-refractivity contribution in [2.24, 2.45) is 5.10 Å². The van der Waals surface area contributed by atoms with Crippen LogP contribution in [0.3, 0.4) is 0 Å². The Kier molecular flexibility index (Phi) is 7.33. The van der Waals surface area contributed by atoms with Gasteiger partial charge in [-0.25, -0.2) is 10.2 Å². The minimum absolute atomic E-state index is 0.493. The molecular formula is C16H23N3O8. The van der Waals surface area contributed by atoms with Crippen LogP contribution in [0.4, 0.5) is 4.79 Å². The summed E-state index contributed by atoms with van der Waals surface area (Å²) >= 11 is 0. The number of carbonyl (C=O) groups excluding carboxylic acids is 1. The summed E-state index contributed by atoms with van der Waals surface area (Å²) in [5, 5.41) is 44.4. The summed E-state index contributed by atoms with van der Waals surface area (Å²) in [6, 6.07) is 4.20. The van der Waals surface area contributed by atoms with Gasteiger partial charge in [0.25, 0.3) is 0 Å². The van der Waals surface area contributed by atoms with E-state index in [1.807, 2.05) is 0 Å². The molecule has 1 aromatic carbocycles. The van der Waals surface area contributed by atoms with E-state index in [-0.39, 0.29) is 0 Å². The summed E-state index contributed by atoms with van der Waals surface area (Å²) in [5.74, 6) is 1.04. The lowest BCUT2D eigenvalue weighted by molar-refractivity contribution is -0.233. The molecular weight excluding hydrogens is 362 g/mol. The van der Waals surface area contributed by atoms with E-state index in [4.69, 9.17) is 19.3 Å². The van der Waals surface area contributed by atoms with Gasteiger partial charge in [-0.1, -0.05) is 0 Å². The van der Waals surface area contributed by atoms with Gasteiger partial charge in [0.15, 0.2) is 17.7 Å². The third-order valence-corrected chi connectivity index (χ3v) is 3.95. The normalized spacial score (nSPS) is 28.0. The number of aliphatic hydroxyl groups is 4. The molecule has 0 saturated carbocycles. The molecule has 5 atom stereocenters. The highest BCUT2D eigenvalue weighted by atomic mass is 16.6. The lowest BCUT2D eigenvalue weighted by Crippen LogP contribution is -2.63. The average Bonchev–Trinajstić information content (AvgIpc) is 2.68. The number of hydrazone groups is 1. The molecule has 1 aliphatic rings. The Hall–Kier alpha value is -2.44. The van der Waals surface area contributed by atoms with Gasteiger partial charge in [-0.05, 0) is 23.8 Å². The Bertz CT molecular complexity index is 669. The van der Waals surface area contributed by atoms with Crippen LogP contribution in [0, 0.1) is 0 Å². The second-order valence-corrected chi connectivity index (χ2v) is 5.71. The molecule has 0 spiro atoms. The van der Waals surface area contributed by atoms with E-state index in [2.05, 4.69) is 15.8 Å². The fourth-order valence-electron chi connectivity index (χ4n) is 2.48. The summed E-state index contributed by atoms with van der Waals surface area (Å²) < 4.78 is 15.4. The lowest BCUT2D eigenvalue weighted by Gasteiger charge is -2.39. The van der Waals surface area contributed by atoms with Crippen LogP contribution in [0.1, 0.15) is 5.56 Å². The number of carbonyl (C=O) groups is 1. The molecule has 0 radical (unpaired) electrons. The first-order chi connectivity index (χ1) is 12.9. The Labute approximate surface area is 155 Å². The number of hydrogen-bond acceptors (Lipinski definition) is 9. The number of benzene rings is 1. The van der Waals surface area contributed by atoms with Crippen molar-refractivity contribution in [3.63, 3.8) is 0 Å². The largest absolute Gasteiger partial charge is 0.493 e. The summed E-state index contributed by atoms with van der Waals surface area (Å²) in [6.45, 7) is -0.595. The van der Waals surface area contributed by atoms with Gasteiger partial charge in [0.2, 0.25) is 0 Å². The van der Waals surface area contributed by atoms with Crippen molar-refractivity contribution in [1.82, 2.24) is 10.7 Å². The minimum atomic E-state index is -1.59. The highest BCUT2D eigenvalue weighted by molar-refractivity contribution is 5.82. The van der Waals surface area contributed by atoms with Gasteiger partial charge in [-0.2, -0.15) is 5.10 Å². The van der Waals surface area contributed by atoms with Crippen molar-refractivity contribution in [2.45, 2.75) is 30.6 Å². The number of urea groups is 1. The van der Waals surface area contributed by atoms with E-state index in [0.717, 1.165) is 0 Å². The standard InChI is InChI=1S/C16H23N3O8/c1-25-9-4-3-8(5-10(9)26-2)6-17-19-16(24)18-15-14(23)13(22)12(21)11(7-20)27-15/h3-6,11-15,20-23H,7H2,1-2H3,(H2,18,19,24)/t11-,12-,13+,14-,15-/m1/s1. The maximum absolute atomic E-state index is 11.9.